The van der Waals surface area contributed by atoms with Crippen molar-refractivity contribution in [1.82, 2.24) is 0 Å². The summed E-state index contributed by atoms with van der Waals surface area (Å²) < 4.78 is 82.4. The Morgan fingerprint density at radius 1 is 0.857 bits per heavy atom. The molecule has 0 aliphatic heterocycles. The molecule has 0 radical (unpaired) electrons. The lowest BCUT2D eigenvalue weighted by atomic mass is 9.75. The first-order valence-electron chi connectivity index (χ1n) is 15.1. The summed E-state index contributed by atoms with van der Waals surface area (Å²) in [5, 5.41) is 2.88. The van der Waals surface area contributed by atoms with E-state index in [-0.39, 0.29) is 23.9 Å². The van der Waals surface area contributed by atoms with E-state index in [9.17, 15) is 22.0 Å². The Kier molecular flexibility index (Phi) is 16.9. The van der Waals surface area contributed by atoms with Gasteiger partial charge in [-0.1, -0.05) is 83.1 Å². The van der Waals surface area contributed by atoms with Crippen LogP contribution in [0.4, 0.5) is 22.0 Å². The number of alkyl halides is 4. The lowest BCUT2D eigenvalue weighted by Gasteiger charge is -2.32. The maximum Gasteiger partial charge on any atom is 0.363 e. The molecule has 2 N–H and O–H groups in total. The van der Waals surface area contributed by atoms with Crippen LogP contribution in [0.3, 0.4) is 0 Å². The van der Waals surface area contributed by atoms with Crippen molar-refractivity contribution in [3.8, 4) is 5.75 Å². The smallest absolute Gasteiger partial charge is 0.363 e. The van der Waals surface area contributed by atoms with Gasteiger partial charge in [0.15, 0.2) is 0 Å². The molecule has 0 saturated heterocycles. The van der Waals surface area contributed by atoms with Crippen LogP contribution in [-0.4, -0.2) is 33.7 Å². The fourth-order valence-corrected chi connectivity index (χ4v) is 7.21. The van der Waals surface area contributed by atoms with Crippen LogP contribution in [0.2, 0.25) is 0 Å². The zero-order chi connectivity index (χ0) is 31.1. The molecule has 0 spiro atoms. The van der Waals surface area contributed by atoms with Crippen molar-refractivity contribution in [2.75, 3.05) is 7.11 Å². The highest BCUT2D eigenvalue weighted by atomic mass is 32.2. The Hall–Kier alpha value is -1.23. The Labute approximate surface area is 257 Å². The van der Waals surface area contributed by atoms with E-state index in [1.165, 1.54) is 37.7 Å². The van der Waals surface area contributed by atoms with Gasteiger partial charge in [0.1, 0.15) is 23.6 Å². The normalized spacial score (nSPS) is 20.3. The highest BCUT2D eigenvalue weighted by molar-refractivity contribution is 7.96. The van der Waals surface area contributed by atoms with E-state index >= 15 is 0 Å². The van der Waals surface area contributed by atoms with Gasteiger partial charge in [-0.25, -0.2) is 13.2 Å². The first-order valence-corrected chi connectivity index (χ1v) is 16.7. The van der Waals surface area contributed by atoms with Crippen molar-refractivity contribution < 1.29 is 35.8 Å². The van der Waals surface area contributed by atoms with Crippen molar-refractivity contribution in [2.45, 2.75) is 131 Å². The predicted molar refractivity (Wildman–Crippen MR) is 166 cm³/mol. The number of allylic oxidation sites excluding steroid dienone is 2. The second-order valence-corrected chi connectivity index (χ2v) is 12.8. The Morgan fingerprint density at radius 3 is 1.60 bits per heavy atom. The third kappa shape index (κ3) is 11.0. The van der Waals surface area contributed by atoms with E-state index in [0.29, 0.717) is 11.7 Å². The molecule has 1 aromatic carbocycles. The quantitative estimate of drug-likeness (QED) is 0.152. The highest BCUT2D eigenvalue weighted by Gasteiger charge is 2.49. The van der Waals surface area contributed by atoms with Gasteiger partial charge in [-0.3, -0.25) is 0 Å². The Balaban J connectivity index is 0.000000797. The minimum Gasteiger partial charge on any atom is -0.419 e. The standard InChI is InChI=1S/C27H38F4O2S2.C4H5F.CH4O/c28-25(26(29)34-32)27(30,31)35-33-24-22(19-12-6-2-7-13-19)16-21(18-10-4-1-5-11-18)17-23(24)20-14-8-3-9-15-20;1-3-4(2)5;1-2/h16-20,25-26,32H,1-15H2;3H,1-2H2;2H,1H3. The van der Waals surface area contributed by atoms with Crippen LogP contribution in [0, 0.1) is 0 Å². The molecular formula is C32H47F5O3S2. The molecule has 240 valence electrons. The summed E-state index contributed by atoms with van der Waals surface area (Å²) in [5.74, 6) is 0.946. The molecule has 3 aliphatic carbocycles. The van der Waals surface area contributed by atoms with E-state index < -0.39 is 34.8 Å². The minimum absolute atomic E-state index is 0.238. The summed E-state index contributed by atoms with van der Waals surface area (Å²) in [5.41, 5.74) is 0.546. The summed E-state index contributed by atoms with van der Waals surface area (Å²) in [6, 6.07) is 4.39. The summed E-state index contributed by atoms with van der Waals surface area (Å²) >= 11 is -0.831. The van der Waals surface area contributed by atoms with Crippen LogP contribution in [0.15, 0.2) is 37.2 Å². The van der Waals surface area contributed by atoms with Crippen molar-refractivity contribution in [3.05, 3.63) is 53.9 Å². The molecule has 0 bridgehead atoms. The maximum absolute atomic E-state index is 14.6. The number of benzene rings is 1. The fraction of sp³-hybridized carbons (Fsp3) is 0.688. The van der Waals surface area contributed by atoms with Crippen molar-refractivity contribution in [1.29, 1.82) is 0 Å². The largest absolute Gasteiger partial charge is 0.419 e. The van der Waals surface area contributed by atoms with Crippen LogP contribution >= 0.6 is 24.1 Å². The molecule has 0 aromatic heterocycles. The van der Waals surface area contributed by atoms with Crippen molar-refractivity contribution in [2.24, 2.45) is 0 Å². The zero-order valence-corrected chi connectivity index (χ0v) is 26.3. The van der Waals surface area contributed by atoms with E-state index in [4.69, 9.17) is 13.8 Å². The monoisotopic (exact) mass is 638 g/mol. The summed E-state index contributed by atoms with van der Waals surface area (Å²) in [6.45, 7) is 5.97. The third-order valence-electron chi connectivity index (χ3n) is 8.44. The number of hydrogen-bond donors (Lipinski definition) is 2. The first kappa shape index (κ1) is 37.0. The molecule has 1 aromatic rings. The molecule has 0 heterocycles. The van der Waals surface area contributed by atoms with Gasteiger partial charge < -0.3 is 13.8 Å². The molecular weight excluding hydrogens is 591 g/mol. The third-order valence-corrected chi connectivity index (χ3v) is 9.58. The van der Waals surface area contributed by atoms with Gasteiger partial charge in [-0.2, -0.15) is 8.78 Å². The SMILES string of the molecule is C=CC(=C)F.CO.OSC(F)C(F)C(F)(F)SOc1c(C2CCCCC2)cc(C2CCCCC2)cc1C1CCCCC1. The van der Waals surface area contributed by atoms with Gasteiger partial charge in [0.25, 0.3) is 0 Å². The molecule has 3 fully saturated rings. The van der Waals surface area contributed by atoms with Crippen LogP contribution in [0.5, 0.6) is 5.75 Å². The average Bonchev–Trinajstić information content (AvgIpc) is 3.05. The molecule has 3 saturated carbocycles. The summed E-state index contributed by atoms with van der Waals surface area (Å²) in [7, 11) is 1.00. The lowest BCUT2D eigenvalue weighted by Crippen LogP contribution is -2.33. The second kappa shape index (κ2) is 19.2. The number of aliphatic hydroxyl groups is 1. The zero-order valence-electron chi connectivity index (χ0n) is 24.6. The second-order valence-electron chi connectivity index (χ2n) is 11.3. The Morgan fingerprint density at radius 2 is 1.24 bits per heavy atom. The molecule has 3 nitrogen and oxygen atoms in total. The molecule has 4 rings (SSSR count). The number of aliphatic hydroxyl groups excluding tert-OH is 1. The van der Waals surface area contributed by atoms with Crippen molar-refractivity contribution >= 4 is 24.1 Å². The molecule has 2 atom stereocenters. The first-order chi connectivity index (χ1) is 20.2. The topological polar surface area (TPSA) is 49.7 Å². The summed E-state index contributed by atoms with van der Waals surface area (Å²) in [6.07, 6.45) is 14.6. The molecule has 0 amide bonds. The van der Waals surface area contributed by atoms with Gasteiger partial charge >= 0.3 is 5.25 Å². The average molecular weight is 639 g/mol. The predicted octanol–water partition coefficient (Wildman–Crippen LogP) is 11.6. The van der Waals surface area contributed by atoms with Gasteiger partial charge in [0, 0.05) is 19.2 Å². The van der Waals surface area contributed by atoms with E-state index in [0.717, 1.165) is 88.5 Å². The number of hydrogen-bond acceptors (Lipinski definition) is 5. The lowest BCUT2D eigenvalue weighted by molar-refractivity contribution is -0.00873. The van der Waals surface area contributed by atoms with Crippen LogP contribution in [0.1, 0.15) is 131 Å². The molecule has 10 heteroatoms. The van der Waals surface area contributed by atoms with Gasteiger partial charge in [-0.15, -0.1) is 0 Å². The van der Waals surface area contributed by atoms with E-state index in [2.05, 4.69) is 25.3 Å². The number of rotatable bonds is 10. The van der Waals surface area contributed by atoms with Gasteiger partial charge in [-0.05, 0) is 79.0 Å². The van der Waals surface area contributed by atoms with Crippen molar-refractivity contribution in [3.63, 3.8) is 0 Å². The minimum atomic E-state index is -4.12. The van der Waals surface area contributed by atoms with E-state index in [1.54, 1.807) is 0 Å². The number of halogens is 5. The van der Waals surface area contributed by atoms with Crippen LogP contribution in [0.25, 0.3) is 0 Å². The maximum atomic E-state index is 14.6. The highest BCUT2D eigenvalue weighted by Crippen LogP contribution is 2.50. The molecule has 3 aliphatic rings. The van der Waals surface area contributed by atoms with Gasteiger partial charge in [0.2, 0.25) is 11.7 Å². The van der Waals surface area contributed by atoms with Crippen LogP contribution in [-0.2, 0) is 0 Å². The molecule has 2 unspecified atom stereocenters. The van der Waals surface area contributed by atoms with E-state index in [1.807, 2.05) is 0 Å². The summed E-state index contributed by atoms with van der Waals surface area (Å²) in [4.78, 5) is 0. The van der Waals surface area contributed by atoms with Crippen LogP contribution < -0.4 is 4.18 Å². The molecule has 42 heavy (non-hydrogen) atoms. The Bertz CT molecular complexity index is 907. The van der Waals surface area contributed by atoms with Gasteiger partial charge in [0.05, 0.1) is 0 Å². The fourth-order valence-electron chi connectivity index (χ4n) is 6.25.